The standard InChI is InChI=1S/C19H36N4O5S2/c1-10(2)8-13(19(27)28)21-18(26)15(11(3)4)23-17(25)14(9-29)22-16(24)12(20)6-7-30-5/h10-15,29H,6-9,20H2,1-5H3,(H,21,26)(H,22,24)(H,23,25)(H,27,28). The average Bonchev–Trinajstić information content (AvgIpc) is 2.66. The lowest BCUT2D eigenvalue weighted by atomic mass is 10.00. The second kappa shape index (κ2) is 14.5. The second-order valence-corrected chi connectivity index (χ2v) is 9.24. The van der Waals surface area contributed by atoms with Gasteiger partial charge in [-0.2, -0.15) is 24.4 Å². The summed E-state index contributed by atoms with van der Waals surface area (Å²) in [5.74, 6) is -2.28. The number of carbonyl (C=O) groups is 4. The summed E-state index contributed by atoms with van der Waals surface area (Å²) in [7, 11) is 0. The number of hydrogen-bond acceptors (Lipinski definition) is 7. The topological polar surface area (TPSA) is 151 Å². The van der Waals surface area contributed by atoms with Crippen molar-refractivity contribution in [2.75, 3.05) is 17.8 Å². The number of aliphatic carboxylic acids is 1. The number of carbonyl (C=O) groups excluding carboxylic acids is 3. The molecule has 4 atom stereocenters. The van der Waals surface area contributed by atoms with Crippen LogP contribution in [0, 0.1) is 11.8 Å². The molecule has 3 amide bonds. The Morgan fingerprint density at radius 1 is 0.967 bits per heavy atom. The van der Waals surface area contributed by atoms with Gasteiger partial charge in [-0.15, -0.1) is 0 Å². The summed E-state index contributed by atoms with van der Waals surface area (Å²) < 4.78 is 0. The van der Waals surface area contributed by atoms with Gasteiger partial charge >= 0.3 is 5.97 Å². The number of carboxylic acids is 1. The van der Waals surface area contributed by atoms with Crippen molar-refractivity contribution < 1.29 is 24.3 Å². The Labute approximate surface area is 188 Å². The number of thioether (sulfide) groups is 1. The summed E-state index contributed by atoms with van der Waals surface area (Å²) in [4.78, 5) is 48.9. The zero-order chi connectivity index (χ0) is 23.4. The molecule has 0 aliphatic carbocycles. The van der Waals surface area contributed by atoms with E-state index in [0.717, 1.165) is 0 Å². The SMILES string of the molecule is CSCCC(N)C(=O)NC(CS)C(=O)NC(C(=O)NC(CC(C)C)C(=O)O)C(C)C. The van der Waals surface area contributed by atoms with Gasteiger partial charge in [-0.1, -0.05) is 27.7 Å². The van der Waals surface area contributed by atoms with Crippen molar-refractivity contribution in [2.45, 2.75) is 64.7 Å². The van der Waals surface area contributed by atoms with Crippen LogP contribution in [0.5, 0.6) is 0 Å². The molecule has 0 bridgehead atoms. The number of carboxylic acid groups (broad SMARTS) is 1. The van der Waals surface area contributed by atoms with E-state index >= 15 is 0 Å². The third-order valence-corrected chi connectivity index (χ3v) is 5.36. The van der Waals surface area contributed by atoms with Crippen LogP contribution in [-0.2, 0) is 19.2 Å². The number of hydrogen-bond donors (Lipinski definition) is 6. The number of rotatable bonds is 14. The van der Waals surface area contributed by atoms with Gasteiger partial charge in [0.2, 0.25) is 17.7 Å². The van der Waals surface area contributed by atoms with Gasteiger partial charge in [0.15, 0.2) is 0 Å². The predicted molar refractivity (Wildman–Crippen MR) is 123 cm³/mol. The Bertz CT molecular complexity index is 589. The highest BCUT2D eigenvalue weighted by atomic mass is 32.2. The Hall–Kier alpha value is -1.46. The van der Waals surface area contributed by atoms with E-state index in [1.165, 1.54) is 0 Å². The van der Waals surface area contributed by atoms with Gasteiger partial charge in [-0.3, -0.25) is 14.4 Å². The maximum atomic E-state index is 12.7. The van der Waals surface area contributed by atoms with Crippen LogP contribution < -0.4 is 21.7 Å². The average molecular weight is 465 g/mol. The first-order valence-electron chi connectivity index (χ1n) is 9.93. The molecule has 0 radical (unpaired) electrons. The summed E-state index contributed by atoms with van der Waals surface area (Å²) in [5.41, 5.74) is 5.83. The van der Waals surface area contributed by atoms with Crippen LogP contribution >= 0.6 is 24.4 Å². The molecule has 6 N–H and O–H groups in total. The molecule has 0 fully saturated rings. The molecule has 0 aromatic rings. The summed E-state index contributed by atoms with van der Waals surface area (Å²) in [6.07, 6.45) is 2.64. The van der Waals surface area contributed by atoms with Crippen LogP contribution in [0.3, 0.4) is 0 Å². The zero-order valence-electron chi connectivity index (χ0n) is 18.3. The fourth-order valence-electron chi connectivity index (χ4n) is 2.59. The van der Waals surface area contributed by atoms with Gasteiger partial charge in [-0.25, -0.2) is 4.79 Å². The van der Waals surface area contributed by atoms with Gasteiger partial charge in [-0.05, 0) is 36.7 Å². The molecule has 0 saturated heterocycles. The molecule has 30 heavy (non-hydrogen) atoms. The molecule has 4 unspecified atom stereocenters. The minimum absolute atomic E-state index is 0.0182. The second-order valence-electron chi connectivity index (χ2n) is 7.89. The molecular weight excluding hydrogens is 428 g/mol. The number of nitrogens with two attached hydrogens (primary N) is 1. The van der Waals surface area contributed by atoms with Crippen molar-refractivity contribution >= 4 is 48.1 Å². The van der Waals surface area contributed by atoms with Crippen molar-refractivity contribution in [2.24, 2.45) is 17.6 Å². The van der Waals surface area contributed by atoms with Crippen molar-refractivity contribution in [1.82, 2.24) is 16.0 Å². The highest BCUT2D eigenvalue weighted by Gasteiger charge is 2.31. The molecule has 0 aromatic heterocycles. The lowest BCUT2D eigenvalue weighted by Crippen LogP contribution is -2.59. The lowest BCUT2D eigenvalue weighted by Gasteiger charge is -2.27. The first-order chi connectivity index (χ1) is 13.9. The van der Waals surface area contributed by atoms with E-state index < -0.39 is 47.9 Å². The summed E-state index contributed by atoms with van der Waals surface area (Å²) >= 11 is 5.68. The molecule has 0 aliphatic heterocycles. The molecule has 174 valence electrons. The Morgan fingerprint density at radius 3 is 1.97 bits per heavy atom. The van der Waals surface area contributed by atoms with Crippen molar-refractivity contribution in [3.8, 4) is 0 Å². The molecule has 9 nitrogen and oxygen atoms in total. The van der Waals surface area contributed by atoms with Crippen molar-refractivity contribution in [3.63, 3.8) is 0 Å². The molecule has 0 heterocycles. The van der Waals surface area contributed by atoms with E-state index in [0.29, 0.717) is 12.2 Å². The van der Waals surface area contributed by atoms with Gasteiger partial charge in [0.25, 0.3) is 0 Å². The summed E-state index contributed by atoms with van der Waals surface area (Å²) in [6, 6.07) is -3.73. The smallest absolute Gasteiger partial charge is 0.326 e. The highest BCUT2D eigenvalue weighted by Crippen LogP contribution is 2.08. The number of thiol groups is 1. The fourth-order valence-corrected chi connectivity index (χ4v) is 3.34. The normalized spacial score (nSPS) is 15.2. The van der Waals surface area contributed by atoms with Gasteiger partial charge in [0.1, 0.15) is 18.1 Å². The van der Waals surface area contributed by atoms with E-state index in [1.54, 1.807) is 25.6 Å². The van der Waals surface area contributed by atoms with Gasteiger partial charge in [0, 0.05) is 5.75 Å². The van der Waals surface area contributed by atoms with Crippen LogP contribution in [0.15, 0.2) is 0 Å². The van der Waals surface area contributed by atoms with Crippen LogP contribution in [0.25, 0.3) is 0 Å². The Kier molecular flexibility index (Phi) is 13.8. The first kappa shape index (κ1) is 28.5. The predicted octanol–water partition coefficient (Wildman–Crippen LogP) is 0.238. The van der Waals surface area contributed by atoms with Crippen LogP contribution in [0.1, 0.15) is 40.5 Å². The van der Waals surface area contributed by atoms with E-state index in [2.05, 4.69) is 28.6 Å². The molecule has 0 spiro atoms. The van der Waals surface area contributed by atoms with Crippen LogP contribution in [0.2, 0.25) is 0 Å². The van der Waals surface area contributed by atoms with Gasteiger partial charge < -0.3 is 26.8 Å². The molecule has 11 heteroatoms. The molecule has 0 rings (SSSR count). The molecule has 0 aliphatic rings. The van der Waals surface area contributed by atoms with E-state index in [4.69, 9.17) is 5.73 Å². The Morgan fingerprint density at radius 2 is 1.53 bits per heavy atom. The summed E-state index contributed by atoms with van der Waals surface area (Å²) in [5, 5.41) is 17.0. The van der Waals surface area contributed by atoms with E-state index in [1.807, 2.05) is 20.1 Å². The zero-order valence-corrected chi connectivity index (χ0v) is 20.0. The molecular formula is C19H36N4O5S2. The highest BCUT2D eigenvalue weighted by molar-refractivity contribution is 7.98. The largest absolute Gasteiger partial charge is 0.480 e. The minimum atomic E-state index is -1.13. The maximum Gasteiger partial charge on any atom is 0.326 e. The van der Waals surface area contributed by atoms with E-state index in [9.17, 15) is 24.3 Å². The molecule has 0 saturated carbocycles. The van der Waals surface area contributed by atoms with E-state index in [-0.39, 0.29) is 24.0 Å². The van der Waals surface area contributed by atoms with Crippen LogP contribution in [-0.4, -0.2) is 70.7 Å². The lowest BCUT2D eigenvalue weighted by molar-refractivity contribution is -0.143. The monoisotopic (exact) mass is 464 g/mol. The third-order valence-electron chi connectivity index (χ3n) is 4.35. The minimum Gasteiger partial charge on any atom is -0.480 e. The van der Waals surface area contributed by atoms with Crippen molar-refractivity contribution in [1.29, 1.82) is 0 Å². The summed E-state index contributed by atoms with van der Waals surface area (Å²) in [6.45, 7) is 7.17. The Balaban J connectivity index is 5.12. The first-order valence-corrected chi connectivity index (χ1v) is 12.0. The van der Waals surface area contributed by atoms with Gasteiger partial charge in [0.05, 0.1) is 6.04 Å². The van der Waals surface area contributed by atoms with Crippen molar-refractivity contribution in [3.05, 3.63) is 0 Å². The number of nitrogens with one attached hydrogen (secondary N) is 3. The van der Waals surface area contributed by atoms with Crippen LogP contribution in [0.4, 0.5) is 0 Å². The number of amides is 3. The third kappa shape index (κ3) is 10.5. The quantitative estimate of drug-likeness (QED) is 0.202. The molecule has 0 aromatic carbocycles. The fraction of sp³-hybridized carbons (Fsp3) is 0.789. The maximum absolute atomic E-state index is 12.7.